The van der Waals surface area contributed by atoms with E-state index < -0.39 is 0 Å². The van der Waals surface area contributed by atoms with Crippen molar-refractivity contribution in [2.24, 2.45) is 0 Å². The molecule has 0 saturated carbocycles. The molecule has 0 saturated heterocycles. The van der Waals surface area contributed by atoms with Gasteiger partial charge in [-0.2, -0.15) is 0 Å². The highest BCUT2D eigenvalue weighted by molar-refractivity contribution is 9.10. The molecule has 0 radical (unpaired) electrons. The van der Waals surface area contributed by atoms with Crippen molar-refractivity contribution in [3.63, 3.8) is 0 Å². The third kappa shape index (κ3) is 5.23. The van der Waals surface area contributed by atoms with Crippen LogP contribution in [-0.4, -0.2) is 59.7 Å². The molecule has 10 heteroatoms. The quantitative estimate of drug-likeness (QED) is 0.177. The van der Waals surface area contributed by atoms with Gasteiger partial charge in [-0.15, -0.1) is 6.58 Å². The maximum atomic E-state index is 14.1. The summed E-state index contributed by atoms with van der Waals surface area (Å²) in [7, 11) is 9.61. The van der Waals surface area contributed by atoms with Crippen LogP contribution < -0.4 is 33.7 Å². The number of amides is 1. The van der Waals surface area contributed by atoms with E-state index in [0.29, 0.717) is 65.3 Å². The van der Waals surface area contributed by atoms with Crippen molar-refractivity contribution in [1.82, 2.24) is 9.88 Å². The highest BCUT2D eigenvalue weighted by atomic mass is 79.9. The van der Waals surface area contributed by atoms with Gasteiger partial charge in [-0.25, -0.2) is 0 Å². The van der Waals surface area contributed by atoms with E-state index in [-0.39, 0.29) is 5.91 Å². The first-order chi connectivity index (χ1) is 21.3. The molecule has 5 rings (SSSR count). The molecule has 9 nitrogen and oxygen atoms in total. The van der Waals surface area contributed by atoms with Crippen LogP contribution in [0.25, 0.3) is 33.5 Å². The van der Waals surface area contributed by atoms with Gasteiger partial charge in [0.25, 0.3) is 5.91 Å². The van der Waals surface area contributed by atoms with Gasteiger partial charge in [-0.3, -0.25) is 4.79 Å². The molecule has 44 heavy (non-hydrogen) atoms. The van der Waals surface area contributed by atoms with E-state index in [1.54, 1.807) is 48.7 Å². The first kappa shape index (κ1) is 30.9. The Bertz CT molecular complexity index is 1740. The van der Waals surface area contributed by atoms with Crippen molar-refractivity contribution in [1.29, 1.82) is 0 Å². The van der Waals surface area contributed by atoms with Gasteiger partial charge in [0.05, 0.1) is 48.4 Å². The van der Waals surface area contributed by atoms with Gasteiger partial charge >= 0.3 is 0 Å². The Morgan fingerprint density at radius 2 is 1.36 bits per heavy atom. The van der Waals surface area contributed by atoms with Crippen molar-refractivity contribution in [3.8, 4) is 68.0 Å². The number of carbonyl (C=O) groups is 1. The van der Waals surface area contributed by atoms with Gasteiger partial charge in [0.2, 0.25) is 0 Å². The number of nitrogens with one attached hydrogen (secondary N) is 1. The number of benzene rings is 3. The number of nitrogens with zero attached hydrogens (tertiary/aromatic N) is 1. The molecule has 1 aliphatic heterocycles. The highest BCUT2D eigenvalue weighted by Crippen LogP contribution is 2.52. The summed E-state index contributed by atoms with van der Waals surface area (Å²) in [6, 6.07) is 13.5. The molecular formula is C34H35BrN2O7. The van der Waals surface area contributed by atoms with E-state index in [0.717, 1.165) is 38.0 Å². The van der Waals surface area contributed by atoms with Crippen LogP contribution in [-0.2, 0) is 13.0 Å². The van der Waals surface area contributed by atoms with Crippen LogP contribution in [0, 0.1) is 0 Å². The molecule has 0 unspecified atom stereocenters. The van der Waals surface area contributed by atoms with E-state index in [9.17, 15) is 4.79 Å². The monoisotopic (exact) mass is 662 g/mol. The third-order valence-corrected chi connectivity index (χ3v) is 8.43. The number of methoxy groups -OCH3 is 6. The summed E-state index contributed by atoms with van der Waals surface area (Å²) in [5, 5.41) is 3.01. The van der Waals surface area contributed by atoms with Crippen LogP contribution in [0.1, 0.15) is 16.1 Å². The molecule has 0 fully saturated rings. The topological polar surface area (TPSA) is 89.4 Å². The summed E-state index contributed by atoms with van der Waals surface area (Å²) in [4.78, 5) is 14.1. The summed E-state index contributed by atoms with van der Waals surface area (Å²) in [6.07, 6.45) is 2.34. The second kappa shape index (κ2) is 13.0. The summed E-state index contributed by atoms with van der Waals surface area (Å²) in [5.41, 5.74) is 6.48. The average Bonchev–Trinajstić information content (AvgIpc) is 3.41. The smallest absolute Gasteiger partial charge is 0.268 e. The van der Waals surface area contributed by atoms with Crippen LogP contribution in [0.5, 0.6) is 34.5 Å². The average molecular weight is 664 g/mol. The molecule has 1 N–H and O–H groups in total. The van der Waals surface area contributed by atoms with E-state index in [1.165, 1.54) is 0 Å². The molecule has 0 bridgehead atoms. The molecule has 1 amide bonds. The number of halogens is 1. The number of fused-ring (bicyclic) bond motifs is 3. The molecular weight excluding hydrogens is 628 g/mol. The van der Waals surface area contributed by atoms with E-state index in [2.05, 4.69) is 32.4 Å². The number of ether oxygens (including phenoxy) is 6. The summed E-state index contributed by atoms with van der Waals surface area (Å²) in [6.45, 7) is 4.65. The Balaban J connectivity index is 1.97. The van der Waals surface area contributed by atoms with Crippen LogP contribution in [0.2, 0.25) is 0 Å². The maximum Gasteiger partial charge on any atom is 0.268 e. The lowest BCUT2D eigenvalue weighted by Crippen LogP contribution is -2.27. The van der Waals surface area contributed by atoms with Crippen molar-refractivity contribution in [3.05, 3.63) is 70.8 Å². The van der Waals surface area contributed by atoms with Crippen molar-refractivity contribution in [2.75, 3.05) is 49.2 Å². The predicted molar refractivity (Wildman–Crippen MR) is 174 cm³/mol. The molecule has 1 aromatic heterocycles. The van der Waals surface area contributed by atoms with E-state index in [1.807, 2.05) is 42.5 Å². The second-order valence-corrected chi connectivity index (χ2v) is 10.8. The maximum absolute atomic E-state index is 14.1. The second-order valence-electron chi connectivity index (χ2n) is 9.97. The standard InChI is InChI=1S/C34H35BrN2O7/c1-8-12-36-34(38)33-31(22-17-28(43-6)29(44-7)18-23(22)35)30(20-9-10-24(39-2)25(15-20)40-3)32-21-16-27(42-5)26(41-4)14-19(21)11-13-37(32)33/h8-10,14-18H,1,11-13H2,2-7H3,(H,36,38). The van der Waals surface area contributed by atoms with Crippen molar-refractivity contribution >= 4 is 21.8 Å². The molecule has 1 aliphatic rings. The minimum atomic E-state index is -0.238. The molecule has 0 spiro atoms. The fourth-order valence-corrected chi connectivity index (χ4v) is 6.29. The summed E-state index contributed by atoms with van der Waals surface area (Å²) in [5.74, 6) is 3.23. The summed E-state index contributed by atoms with van der Waals surface area (Å²) < 4.78 is 36.7. The largest absolute Gasteiger partial charge is 0.493 e. The Kier molecular flexibility index (Phi) is 9.10. The molecule has 4 aromatic rings. The first-order valence-electron chi connectivity index (χ1n) is 13.9. The lowest BCUT2D eigenvalue weighted by Gasteiger charge is -2.24. The van der Waals surface area contributed by atoms with E-state index >= 15 is 0 Å². The number of hydrogen-bond donors (Lipinski definition) is 1. The van der Waals surface area contributed by atoms with Crippen molar-refractivity contribution < 1.29 is 33.2 Å². The lowest BCUT2D eigenvalue weighted by atomic mass is 9.89. The van der Waals surface area contributed by atoms with Gasteiger partial charge in [0.1, 0.15) is 5.69 Å². The normalized spacial score (nSPS) is 11.6. The Morgan fingerprint density at radius 1 is 0.795 bits per heavy atom. The Labute approximate surface area is 265 Å². The van der Waals surface area contributed by atoms with Gasteiger partial charge in [-0.1, -0.05) is 28.1 Å². The zero-order valence-electron chi connectivity index (χ0n) is 25.6. The SMILES string of the molecule is C=CCNC(=O)c1c(-c2cc(OC)c(OC)cc2Br)c(-c2ccc(OC)c(OC)c2)c2n1CCc1cc(OC)c(OC)cc1-2. The summed E-state index contributed by atoms with van der Waals surface area (Å²) >= 11 is 3.77. The van der Waals surface area contributed by atoms with E-state index in [4.69, 9.17) is 28.4 Å². The Hall–Kier alpha value is -4.57. The molecule has 3 aromatic carbocycles. The van der Waals surface area contributed by atoms with Gasteiger partial charge in [0.15, 0.2) is 34.5 Å². The van der Waals surface area contributed by atoms with Gasteiger partial charge in [-0.05, 0) is 53.9 Å². The van der Waals surface area contributed by atoms with Gasteiger partial charge < -0.3 is 38.3 Å². The molecule has 0 atom stereocenters. The first-order valence-corrected chi connectivity index (χ1v) is 14.7. The fourth-order valence-electron chi connectivity index (χ4n) is 5.77. The lowest BCUT2D eigenvalue weighted by molar-refractivity contribution is 0.0949. The minimum Gasteiger partial charge on any atom is -0.493 e. The van der Waals surface area contributed by atoms with Crippen LogP contribution in [0.4, 0.5) is 0 Å². The van der Waals surface area contributed by atoms with Gasteiger partial charge in [0, 0.05) is 39.8 Å². The number of rotatable bonds is 11. The van der Waals surface area contributed by atoms with Crippen molar-refractivity contribution in [2.45, 2.75) is 13.0 Å². The molecule has 2 heterocycles. The van der Waals surface area contributed by atoms with Crippen LogP contribution in [0.3, 0.4) is 0 Å². The number of hydrogen-bond acceptors (Lipinski definition) is 7. The number of carbonyl (C=O) groups excluding carboxylic acids is 1. The number of aryl methyl sites for hydroxylation is 1. The highest BCUT2D eigenvalue weighted by Gasteiger charge is 2.34. The number of aromatic nitrogens is 1. The zero-order valence-corrected chi connectivity index (χ0v) is 27.2. The predicted octanol–water partition coefficient (Wildman–Crippen LogP) is 6.78. The third-order valence-electron chi connectivity index (χ3n) is 7.77. The van der Waals surface area contributed by atoms with Crippen LogP contribution in [0.15, 0.2) is 59.6 Å². The molecule has 0 aliphatic carbocycles. The van der Waals surface area contributed by atoms with Crippen LogP contribution >= 0.6 is 15.9 Å². The Morgan fingerprint density at radius 3 is 1.98 bits per heavy atom. The minimum absolute atomic E-state index is 0.238. The zero-order chi connectivity index (χ0) is 31.5. The molecule has 230 valence electrons. The fraction of sp³-hybridized carbons (Fsp3) is 0.265.